The molecule has 0 amide bonds. The molecule has 0 heterocycles. The van der Waals surface area contributed by atoms with E-state index < -0.39 is 10.8 Å². The molecule has 0 saturated carbocycles. The molecule has 2 nitrogen and oxygen atoms in total. The van der Waals surface area contributed by atoms with Crippen molar-refractivity contribution in [1.29, 1.82) is 0 Å². The molecule has 0 rings (SSSR count). The Bertz CT molecular complexity index is 206. The summed E-state index contributed by atoms with van der Waals surface area (Å²) in [7, 11) is -0.671. The summed E-state index contributed by atoms with van der Waals surface area (Å²) >= 11 is 0. The van der Waals surface area contributed by atoms with Crippen LogP contribution in [-0.2, 0) is 10.8 Å². The van der Waals surface area contributed by atoms with Crippen LogP contribution in [0.15, 0.2) is 12.7 Å². The Labute approximate surface area is 97.0 Å². The lowest BCUT2D eigenvalue weighted by molar-refractivity contribution is 0.362. The van der Waals surface area contributed by atoms with E-state index in [2.05, 4.69) is 32.7 Å². The molecule has 0 aliphatic carbocycles. The van der Waals surface area contributed by atoms with Gasteiger partial charge in [-0.2, -0.15) is 0 Å². The van der Waals surface area contributed by atoms with E-state index >= 15 is 0 Å². The van der Waals surface area contributed by atoms with Crippen LogP contribution in [0, 0.1) is 5.92 Å². The molecular formula is C12H25NOS. The van der Waals surface area contributed by atoms with Gasteiger partial charge < -0.3 is 5.32 Å². The molecule has 0 fully saturated rings. The SMILES string of the molecule is C=CCC(C)C(C)NC(C)CCS(C)=O. The standard InChI is InChI=1S/C12H25NOS/c1-6-7-10(2)12(4)13-11(3)8-9-15(5)14/h6,10-13H,1,7-9H2,2-5H3. The largest absolute Gasteiger partial charge is 0.311 e. The van der Waals surface area contributed by atoms with E-state index in [0.717, 1.165) is 18.6 Å². The zero-order valence-electron chi connectivity index (χ0n) is 10.5. The fourth-order valence-electron chi connectivity index (χ4n) is 1.51. The third kappa shape index (κ3) is 7.74. The van der Waals surface area contributed by atoms with Gasteiger partial charge in [0.15, 0.2) is 0 Å². The number of nitrogens with one attached hydrogen (secondary N) is 1. The number of rotatable bonds is 8. The highest BCUT2D eigenvalue weighted by Crippen LogP contribution is 2.09. The number of allylic oxidation sites excluding steroid dienone is 1. The Morgan fingerprint density at radius 2 is 2.00 bits per heavy atom. The molecular weight excluding hydrogens is 206 g/mol. The highest BCUT2D eigenvalue weighted by molar-refractivity contribution is 7.84. The molecule has 0 aliphatic rings. The minimum atomic E-state index is -0.671. The van der Waals surface area contributed by atoms with E-state index in [0.29, 0.717) is 18.0 Å². The average Bonchev–Trinajstić information content (AvgIpc) is 2.15. The van der Waals surface area contributed by atoms with Crippen molar-refractivity contribution in [3.63, 3.8) is 0 Å². The lowest BCUT2D eigenvalue weighted by atomic mass is 9.99. The molecule has 4 unspecified atom stereocenters. The van der Waals surface area contributed by atoms with Crippen LogP contribution in [-0.4, -0.2) is 28.3 Å². The molecule has 15 heavy (non-hydrogen) atoms. The van der Waals surface area contributed by atoms with Gasteiger partial charge in [-0.05, 0) is 32.6 Å². The zero-order chi connectivity index (χ0) is 11.8. The molecule has 90 valence electrons. The van der Waals surface area contributed by atoms with Crippen LogP contribution in [0.5, 0.6) is 0 Å². The molecule has 0 saturated heterocycles. The fourth-order valence-corrected chi connectivity index (χ4v) is 2.19. The second-order valence-electron chi connectivity index (χ2n) is 4.42. The maximum absolute atomic E-state index is 10.9. The van der Waals surface area contributed by atoms with Crippen molar-refractivity contribution in [3.05, 3.63) is 12.7 Å². The van der Waals surface area contributed by atoms with Crippen LogP contribution in [0.4, 0.5) is 0 Å². The van der Waals surface area contributed by atoms with Crippen LogP contribution in [0.3, 0.4) is 0 Å². The van der Waals surface area contributed by atoms with Crippen molar-refractivity contribution in [2.75, 3.05) is 12.0 Å². The van der Waals surface area contributed by atoms with Crippen LogP contribution in [0.2, 0.25) is 0 Å². The lowest BCUT2D eigenvalue weighted by Gasteiger charge is -2.24. The summed E-state index contributed by atoms with van der Waals surface area (Å²) in [6.45, 7) is 10.3. The van der Waals surface area contributed by atoms with Crippen molar-refractivity contribution in [2.45, 2.75) is 45.7 Å². The summed E-state index contributed by atoms with van der Waals surface area (Å²) in [5.41, 5.74) is 0. The minimum Gasteiger partial charge on any atom is -0.311 e. The monoisotopic (exact) mass is 231 g/mol. The van der Waals surface area contributed by atoms with Gasteiger partial charge in [0, 0.05) is 34.9 Å². The van der Waals surface area contributed by atoms with E-state index in [1.54, 1.807) is 6.26 Å². The van der Waals surface area contributed by atoms with Crippen molar-refractivity contribution in [1.82, 2.24) is 5.32 Å². The van der Waals surface area contributed by atoms with Gasteiger partial charge in [-0.3, -0.25) is 4.21 Å². The van der Waals surface area contributed by atoms with Crippen molar-refractivity contribution in [2.24, 2.45) is 5.92 Å². The predicted octanol–water partition coefficient (Wildman–Crippen LogP) is 2.33. The van der Waals surface area contributed by atoms with Gasteiger partial charge in [0.25, 0.3) is 0 Å². The first-order chi connectivity index (χ1) is 6.97. The van der Waals surface area contributed by atoms with Gasteiger partial charge in [-0.15, -0.1) is 6.58 Å². The molecule has 0 aliphatic heterocycles. The molecule has 3 heteroatoms. The van der Waals surface area contributed by atoms with E-state index in [-0.39, 0.29) is 0 Å². The maximum Gasteiger partial charge on any atom is 0.0246 e. The number of hydrogen-bond donors (Lipinski definition) is 1. The highest BCUT2D eigenvalue weighted by Gasteiger charge is 2.13. The maximum atomic E-state index is 10.9. The van der Waals surface area contributed by atoms with E-state index in [1.807, 2.05) is 6.08 Å². The highest BCUT2D eigenvalue weighted by atomic mass is 32.2. The molecule has 4 atom stereocenters. The number of hydrogen-bond acceptors (Lipinski definition) is 2. The summed E-state index contributed by atoms with van der Waals surface area (Å²) in [4.78, 5) is 0. The van der Waals surface area contributed by atoms with Crippen LogP contribution in [0.1, 0.15) is 33.6 Å². The van der Waals surface area contributed by atoms with Crippen molar-refractivity contribution in [3.8, 4) is 0 Å². The van der Waals surface area contributed by atoms with E-state index in [1.165, 1.54) is 0 Å². The quantitative estimate of drug-likeness (QED) is 0.650. The van der Waals surface area contributed by atoms with Gasteiger partial charge in [0.2, 0.25) is 0 Å². The molecule has 0 radical (unpaired) electrons. The smallest absolute Gasteiger partial charge is 0.0246 e. The molecule has 0 spiro atoms. The Balaban J connectivity index is 3.78. The van der Waals surface area contributed by atoms with Crippen molar-refractivity contribution >= 4 is 10.8 Å². The second-order valence-corrected chi connectivity index (χ2v) is 5.98. The summed E-state index contributed by atoms with van der Waals surface area (Å²) in [6.07, 6.45) is 5.75. The molecule has 0 aromatic heterocycles. The predicted molar refractivity (Wildman–Crippen MR) is 69.6 cm³/mol. The Morgan fingerprint density at radius 1 is 1.40 bits per heavy atom. The molecule has 1 N–H and O–H groups in total. The fraction of sp³-hybridized carbons (Fsp3) is 0.833. The first-order valence-electron chi connectivity index (χ1n) is 5.64. The van der Waals surface area contributed by atoms with E-state index in [9.17, 15) is 4.21 Å². The summed E-state index contributed by atoms with van der Waals surface area (Å²) in [5.74, 6) is 1.40. The minimum absolute atomic E-state index is 0.441. The summed E-state index contributed by atoms with van der Waals surface area (Å²) < 4.78 is 10.9. The Kier molecular flexibility index (Phi) is 7.97. The first-order valence-corrected chi connectivity index (χ1v) is 7.37. The van der Waals surface area contributed by atoms with Crippen LogP contribution in [0.25, 0.3) is 0 Å². The second kappa shape index (κ2) is 8.05. The zero-order valence-corrected chi connectivity index (χ0v) is 11.3. The summed E-state index contributed by atoms with van der Waals surface area (Å²) in [6, 6.07) is 0.930. The molecule has 0 bridgehead atoms. The Morgan fingerprint density at radius 3 is 2.47 bits per heavy atom. The van der Waals surface area contributed by atoms with Crippen LogP contribution < -0.4 is 5.32 Å². The Hall–Kier alpha value is -0.150. The van der Waals surface area contributed by atoms with Gasteiger partial charge in [0.05, 0.1) is 0 Å². The summed E-state index contributed by atoms with van der Waals surface area (Å²) in [5, 5.41) is 3.54. The third-order valence-electron chi connectivity index (χ3n) is 2.78. The topological polar surface area (TPSA) is 29.1 Å². The molecule has 0 aromatic rings. The first kappa shape index (κ1) is 14.8. The van der Waals surface area contributed by atoms with Gasteiger partial charge in [-0.1, -0.05) is 13.0 Å². The van der Waals surface area contributed by atoms with Gasteiger partial charge >= 0.3 is 0 Å². The van der Waals surface area contributed by atoms with Gasteiger partial charge in [0.1, 0.15) is 0 Å². The third-order valence-corrected chi connectivity index (χ3v) is 3.59. The van der Waals surface area contributed by atoms with Crippen LogP contribution >= 0.6 is 0 Å². The molecule has 0 aromatic carbocycles. The van der Waals surface area contributed by atoms with E-state index in [4.69, 9.17) is 0 Å². The van der Waals surface area contributed by atoms with Gasteiger partial charge in [-0.25, -0.2) is 0 Å². The van der Waals surface area contributed by atoms with Crippen molar-refractivity contribution < 1.29 is 4.21 Å². The lowest BCUT2D eigenvalue weighted by Crippen LogP contribution is -2.39. The normalized spacial score (nSPS) is 19.2. The average molecular weight is 231 g/mol.